The summed E-state index contributed by atoms with van der Waals surface area (Å²) in [6, 6.07) is -0.519. The number of carbonyl (C=O) groups excluding carboxylic acids is 2. The van der Waals surface area contributed by atoms with Crippen LogP contribution in [0.25, 0.3) is 0 Å². The molecule has 0 aliphatic heterocycles. The molecule has 0 fully saturated rings. The Kier molecular flexibility index (Phi) is 8.84. The van der Waals surface area contributed by atoms with E-state index in [9.17, 15) is 9.59 Å². The Bertz CT molecular complexity index is 290. The van der Waals surface area contributed by atoms with Gasteiger partial charge in [0, 0.05) is 24.3 Å². The van der Waals surface area contributed by atoms with E-state index in [2.05, 4.69) is 10.6 Å². The predicted molar refractivity (Wildman–Crippen MR) is 79.1 cm³/mol. The molecule has 0 aliphatic carbocycles. The van der Waals surface area contributed by atoms with E-state index in [1.54, 1.807) is 18.7 Å². The molecule has 0 saturated carbocycles. The number of aliphatic hydroxyl groups excluding tert-OH is 1. The van der Waals surface area contributed by atoms with Gasteiger partial charge in [0.15, 0.2) is 0 Å². The molecule has 2 amide bonds. The van der Waals surface area contributed by atoms with E-state index in [-0.39, 0.29) is 18.4 Å². The molecule has 3 N–H and O–H groups in total. The maximum atomic E-state index is 11.7. The molecule has 1 unspecified atom stereocenters. The van der Waals surface area contributed by atoms with Gasteiger partial charge in [0.2, 0.25) is 11.8 Å². The van der Waals surface area contributed by atoms with E-state index < -0.39 is 11.5 Å². The first kappa shape index (κ1) is 18.2. The first-order chi connectivity index (χ1) is 8.79. The Labute approximate surface area is 119 Å². The van der Waals surface area contributed by atoms with Crippen molar-refractivity contribution in [3.05, 3.63) is 0 Å². The van der Waals surface area contributed by atoms with E-state index >= 15 is 0 Å². The summed E-state index contributed by atoms with van der Waals surface area (Å²) in [4.78, 5) is 23.4. The lowest BCUT2D eigenvalue weighted by Crippen LogP contribution is -2.48. The quantitative estimate of drug-likeness (QED) is 0.577. The summed E-state index contributed by atoms with van der Waals surface area (Å²) >= 11 is 1.69. The standard InChI is InChI=1S/C13H26N2O3S/c1-10(15-12(18)13(2,3)4)11(17)14-6-9-19-8-5-7-16/h10,16H,5-9H2,1-4H3,(H,14,17)(H,15,18). The van der Waals surface area contributed by atoms with Gasteiger partial charge in [-0.25, -0.2) is 0 Å². The lowest BCUT2D eigenvalue weighted by Gasteiger charge is -2.21. The molecule has 0 radical (unpaired) electrons. The van der Waals surface area contributed by atoms with Gasteiger partial charge in [0.1, 0.15) is 6.04 Å². The predicted octanol–water partition coefficient (Wildman–Crippen LogP) is 0.769. The highest BCUT2D eigenvalue weighted by atomic mass is 32.2. The normalized spacial score (nSPS) is 12.9. The lowest BCUT2D eigenvalue weighted by atomic mass is 9.95. The zero-order valence-corrected chi connectivity index (χ0v) is 13.1. The molecule has 0 aliphatic rings. The molecule has 1 atom stereocenters. The van der Waals surface area contributed by atoms with Crippen molar-refractivity contribution < 1.29 is 14.7 Å². The fourth-order valence-electron chi connectivity index (χ4n) is 1.15. The van der Waals surface area contributed by atoms with Crippen molar-refractivity contribution in [2.24, 2.45) is 5.41 Å². The van der Waals surface area contributed by atoms with Gasteiger partial charge < -0.3 is 15.7 Å². The number of amides is 2. The molecule has 0 saturated heterocycles. The van der Waals surface area contributed by atoms with Gasteiger partial charge >= 0.3 is 0 Å². The lowest BCUT2D eigenvalue weighted by molar-refractivity contribution is -0.133. The van der Waals surface area contributed by atoms with E-state index in [0.29, 0.717) is 6.54 Å². The molecular formula is C13H26N2O3S. The van der Waals surface area contributed by atoms with E-state index in [0.717, 1.165) is 17.9 Å². The Hall–Kier alpha value is -0.750. The minimum atomic E-state index is -0.519. The zero-order chi connectivity index (χ0) is 14.9. The van der Waals surface area contributed by atoms with Crippen LogP contribution in [0.5, 0.6) is 0 Å². The minimum absolute atomic E-state index is 0.132. The van der Waals surface area contributed by atoms with E-state index in [1.807, 2.05) is 20.8 Å². The second-order valence-electron chi connectivity index (χ2n) is 5.43. The monoisotopic (exact) mass is 290 g/mol. The molecular weight excluding hydrogens is 264 g/mol. The summed E-state index contributed by atoms with van der Waals surface area (Å²) in [6.07, 6.45) is 0.774. The van der Waals surface area contributed by atoms with Gasteiger partial charge in [-0.3, -0.25) is 9.59 Å². The highest BCUT2D eigenvalue weighted by Gasteiger charge is 2.24. The summed E-state index contributed by atoms with van der Waals surface area (Å²) in [5, 5.41) is 14.1. The largest absolute Gasteiger partial charge is 0.396 e. The maximum absolute atomic E-state index is 11.7. The molecule has 19 heavy (non-hydrogen) atoms. The first-order valence-electron chi connectivity index (χ1n) is 6.56. The Morgan fingerprint density at radius 3 is 2.42 bits per heavy atom. The third-order valence-electron chi connectivity index (χ3n) is 2.41. The average Bonchev–Trinajstić information content (AvgIpc) is 2.31. The van der Waals surface area contributed by atoms with Crippen LogP contribution in [0.4, 0.5) is 0 Å². The number of aliphatic hydroxyl groups is 1. The van der Waals surface area contributed by atoms with Gasteiger partial charge in [-0.1, -0.05) is 20.8 Å². The molecule has 0 aromatic heterocycles. The van der Waals surface area contributed by atoms with Crippen molar-refractivity contribution in [1.82, 2.24) is 10.6 Å². The van der Waals surface area contributed by atoms with Crippen LogP contribution in [0.3, 0.4) is 0 Å². The zero-order valence-electron chi connectivity index (χ0n) is 12.3. The highest BCUT2D eigenvalue weighted by Crippen LogP contribution is 2.12. The van der Waals surface area contributed by atoms with Gasteiger partial charge in [0.25, 0.3) is 0 Å². The molecule has 0 heterocycles. The van der Waals surface area contributed by atoms with Crippen molar-refractivity contribution in [1.29, 1.82) is 0 Å². The van der Waals surface area contributed by atoms with Crippen LogP contribution in [-0.2, 0) is 9.59 Å². The van der Waals surface area contributed by atoms with Crippen molar-refractivity contribution >= 4 is 23.6 Å². The van der Waals surface area contributed by atoms with Crippen LogP contribution < -0.4 is 10.6 Å². The molecule has 112 valence electrons. The van der Waals surface area contributed by atoms with Crippen LogP contribution >= 0.6 is 11.8 Å². The molecule has 0 bridgehead atoms. The smallest absolute Gasteiger partial charge is 0.242 e. The summed E-state index contributed by atoms with van der Waals surface area (Å²) in [5.41, 5.74) is -0.491. The Balaban J connectivity index is 3.80. The molecule has 5 nitrogen and oxygen atoms in total. The summed E-state index contributed by atoms with van der Waals surface area (Å²) in [5.74, 6) is 1.40. The number of rotatable bonds is 8. The van der Waals surface area contributed by atoms with Gasteiger partial charge in [-0.05, 0) is 19.1 Å². The third-order valence-corrected chi connectivity index (χ3v) is 3.48. The summed E-state index contributed by atoms with van der Waals surface area (Å²) < 4.78 is 0. The fourth-order valence-corrected chi connectivity index (χ4v) is 1.93. The molecule has 0 spiro atoms. The number of thioether (sulfide) groups is 1. The number of nitrogens with one attached hydrogen (secondary N) is 2. The Morgan fingerprint density at radius 1 is 1.26 bits per heavy atom. The second kappa shape index (κ2) is 9.20. The fraction of sp³-hybridized carbons (Fsp3) is 0.846. The SMILES string of the molecule is CC(NC(=O)C(C)(C)C)C(=O)NCCSCCCO. The van der Waals surface area contributed by atoms with Crippen LogP contribution in [0.15, 0.2) is 0 Å². The molecule has 0 rings (SSSR count). The maximum Gasteiger partial charge on any atom is 0.242 e. The van der Waals surface area contributed by atoms with Crippen molar-refractivity contribution in [2.45, 2.75) is 40.2 Å². The van der Waals surface area contributed by atoms with Crippen molar-refractivity contribution in [3.63, 3.8) is 0 Å². The number of hydrogen-bond donors (Lipinski definition) is 3. The van der Waals surface area contributed by atoms with Crippen molar-refractivity contribution in [3.8, 4) is 0 Å². The molecule has 0 aromatic carbocycles. The molecule has 6 heteroatoms. The van der Waals surface area contributed by atoms with Crippen LogP contribution in [-0.4, -0.2) is 47.6 Å². The summed E-state index contributed by atoms with van der Waals surface area (Å²) in [6.45, 7) is 7.89. The van der Waals surface area contributed by atoms with Gasteiger partial charge in [0.05, 0.1) is 0 Å². The second-order valence-corrected chi connectivity index (χ2v) is 6.65. The molecule has 0 aromatic rings. The number of carbonyl (C=O) groups is 2. The van der Waals surface area contributed by atoms with E-state index in [1.165, 1.54) is 0 Å². The van der Waals surface area contributed by atoms with E-state index in [4.69, 9.17) is 5.11 Å². The minimum Gasteiger partial charge on any atom is -0.396 e. The summed E-state index contributed by atoms with van der Waals surface area (Å²) in [7, 11) is 0. The van der Waals surface area contributed by atoms with Crippen LogP contribution in [0, 0.1) is 5.41 Å². The number of hydrogen-bond acceptors (Lipinski definition) is 4. The van der Waals surface area contributed by atoms with Crippen molar-refractivity contribution in [2.75, 3.05) is 24.7 Å². The first-order valence-corrected chi connectivity index (χ1v) is 7.71. The highest BCUT2D eigenvalue weighted by molar-refractivity contribution is 7.99. The average molecular weight is 290 g/mol. The third kappa shape index (κ3) is 8.88. The van der Waals surface area contributed by atoms with Crippen LogP contribution in [0.1, 0.15) is 34.1 Å². The van der Waals surface area contributed by atoms with Crippen LogP contribution in [0.2, 0.25) is 0 Å². The topological polar surface area (TPSA) is 78.4 Å². The van der Waals surface area contributed by atoms with Gasteiger partial charge in [-0.15, -0.1) is 0 Å². The Morgan fingerprint density at radius 2 is 1.89 bits per heavy atom. The van der Waals surface area contributed by atoms with Gasteiger partial charge in [-0.2, -0.15) is 11.8 Å².